The molecule has 0 aliphatic carbocycles. The van der Waals surface area contributed by atoms with E-state index < -0.39 is 11.9 Å². The number of aromatic nitrogens is 6. The topological polar surface area (TPSA) is 100 Å². The molecule has 1 aromatic carbocycles. The van der Waals surface area contributed by atoms with Crippen LogP contribution in [0.25, 0.3) is 22.4 Å². The molecule has 204 valence electrons. The van der Waals surface area contributed by atoms with Crippen LogP contribution in [0.5, 0.6) is 5.88 Å². The van der Waals surface area contributed by atoms with E-state index in [0.29, 0.717) is 38.7 Å². The van der Waals surface area contributed by atoms with Crippen LogP contribution in [-0.2, 0) is 14.1 Å². The molecule has 0 saturated heterocycles. The van der Waals surface area contributed by atoms with E-state index in [2.05, 4.69) is 10.1 Å². The minimum atomic E-state index is -0.671. The second-order valence-electron chi connectivity index (χ2n) is 9.95. The number of methoxy groups -OCH3 is 1. The van der Waals surface area contributed by atoms with E-state index in [-0.39, 0.29) is 23.0 Å². The first-order chi connectivity index (χ1) is 19.1. The van der Waals surface area contributed by atoms with Crippen molar-refractivity contribution in [1.82, 2.24) is 28.9 Å². The van der Waals surface area contributed by atoms with Gasteiger partial charge in [0.2, 0.25) is 5.88 Å². The first kappa shape index (κ1) is 26.1. The van der Waals surface area contributed by atoms with Gasteiger partial charge in [-0.05, 0) is 43.7 Å². The van der Waals surface area contributed by atoms with Gasteiger partial charge in [0.05, 0.1) is 29.6 Å². The lowest BCUT2D eigenvalue weighted by atomic mass is 10.0. The first-order valence-electron chi connectivity index (χ1n) is 12.5. The lowest BCUT2D eigenvalue weighted by Crippen LogP contribution is -2.36. The van der Waals surface area contributed by atoms with Crippen molar-refractivity contribution in [3.63, 3.8) is 0 Å². The molecular weight excluding hydrogens is 553 g/mol. The Morgan fingerprint density at radius 2 is 1.73 bits per heavy atom. The zero-order valence-electron chi connectivity index (χ0n) is 22.4. The van der Waals surface area contributed by atoms with Crippen LogP contribution in [0.1, 0.15) is 47.7 Å². The lowest BCUT2D eigenvalue weighted by Gasteiger charge is -2.28. The maximum absolute atomic E-state index is 14.2. The molecule has 0 spiro atoms. The van der Waals surface area contributed by atoms with Crippen LogP contribution >= 0.6 is 23.2 Å². The Bertz CT molecular complexity index is 1870. The molecule has 1 aliphatic rings. The van der Waals surface area contributed by atoms with Crippen molar-refractivity contribution in [3.05, 3.63) is 86.1 Å². The number of pyridine rings is 2. The summed E-state index contributed by atoms with van der Waals surface area (Å²) in [6.45, 7) is 4.02. The van der Waals surface area contributed by atoms with Gasteiger partial charge < -0.3 is 13.9 Å². The smallest absolute Gasteiger partial charge is 0.279 e. The van der Waals surface area contributed by atoms with Gasteiger partial charge in [-0.3, -0.25) is 19.2 Å². The predicted molar refractivity (Wildman–Crippen MR) is 153 cm³/mol. The van der Waals surface area contributed by atoms with E-state index in [1.165, 1.54) is 21.7 Å². The predicted octanol–water partition coefficient (Wildman–Crippen LogP) is 5.18. The molecule has 0 saturated carbocycles. The molecular formula is C28H25Cl2N7O3. The maximum Gasteiger partial charge on any atom is 0.279 e. The maximum atomic E-state index is 14.2. The number of hydrogen-bond acceptors (Lipinski definition) is 6. The summed E-state index contributed by atoms with van der Waals surface area (Å²) in [5.74, 6) is 0.475. The normalized spacial score (nSPS) is 14.9. The van der Waals surface area contributed by atoms with Crippen LogP contribution < -0.4 is 15.2 Å². The summed E-state index contributed by atoms with van der Waals surface area (Å²) in [4.78, 5) is 38.5. The van der Waals surface area contributed by atoms with Gasteiger partial charge in [0.25, 0.3) is 11.5 Å². The van der Waals surface area contributed by atoms with Gasteiger partial charge in [0.1, 0.15) is 17.6 Å². The fourth-order valence-electron chi connectivity index (χ4n) is 5.33. The summed E-state index contributed by atoms with van der Waals surface area (Å²) in [6, 6.07) is 9.84. The Hall–Kier alpha value is -4.15. The SMILES string of the molecule is COc1nc2c(cnn2C)cc1-c1nc2c(n1C(C)C)C(c1ccc(Cl)cc1)N(c1cc(Cl)cn(C)c1=O)C2=O. The van der Waals surface area contributed by atoms with Crippen LogP contribution in [-0.4, -0.2) is 41.9 Å². The largest absolute Gasteiger partial charge is 0.480 e. The monoisotopic (exact) mass is 577 g/mol. The van der Waals surface area contributed by atoms with Crippen molar-refractivity contribution in [2.75, 3.05) is 12.0 Å². The van der Waals surface area contributed by atoms with Gasteiger partial charge in [-0.25, -0.2) is 4.98 Å². The van der Waals surface area contributed by atoms with E-state index in [1.54, 1.807) is 37.2 Å². The molecule has 5 heterocycles. The zero-order valence-corrected chi connectivity index (χ0v) is 23.9. The number of carbonyl (C=O) groups excluding carboxylic acids is 1. The number of aryl methyl sites for hydroxylation is 2. The quantitative estimate of drug-likeness (QED) is 0.285. The third-order valence-corrected chi connectivity index (χ3v) is 7.54. The average Bonchev–Trinajstić information content (AvgIpc) is 3.57. The number of rotatable bonds is 5. The molecule has 5 aromatic rings. The van der Waals surface area contributed by atoms with E-state index in [4.69, 9.17) is 32.9 Å². The van der Waals surface area contributed by atoms with Crippen LogP contribution in [0.3, 0.4) is 0 Å². The molecule has 1 unspecified atom stereocenters. The average molecular weight is 578 g/mol. The van der Waals surface area contributed by atoms with Crippen LogP contribution in [0, 0.1) is 0 Å². The molecule has 0 radical (unpaired) electrons. The highest BCUT2D eigenvalue weighted by Crippen LogP contribution is 2.45. The standard InChI is InChI=1S/C28H25Cl2N7O3/c1-14(2)36-23-21(32-25(36)19-10-16-12-31-35(4)24(16)33-26(19)40-5)28(39)37(20-11-18(30)13-34(3)27(20)38)22(23)15-6-8-17(29)9-7-15/h6-14,22H,1-5H3. The fraction of sp³-hybridized carbons (Fsp3) is 0.250. The van der Waals surface area contributed by atoms with Crippen molar-refractivity contribution in [1.29, 1.82) is 0 Å². The van der Waals surface area contributed by atoms with E-state index in [9.17, 15) is 9.59 Å². The minimum Gasteiger partial charge on any atom is -0.480 e. The number of nitrogens with zero attached hydrogens (tertiary/aromatic N) is 7. The van der Waals surface area contributed by atoms with Crippen molar-refractivity contribution in [2.24, 2.45) is 14.1 Å². The van der Waals surface area contributed by atoms with Crippen LogP contribution in [0.2, 0.25) is 10.0 Å². The van der Waals surface area contributed by atoms with Crippen molar-refractivity contribution in [2.45, 2.75) is 25.9 Å². The Morgan fingerprint density at radius 3 is 2.40 bits per heavy atom. The summed E-state index contributed by atoms with van der Waals surface area (Å²) in [5.41, 5.74) is 2.73. The molecule has 1 atom stereocenters. The Kier molecular flexibility index (Phi) is 6.19. The highest BCUT2D eigenvalue weighted by Gasteiger charge is 2.46. The molecule has 4 aromatic heterocycles. The molecule has 10 nitrogen and oxygen atoms in total. The summed E-state index contributed by atoms with van der Waals surface area (Å²) in [7, 11) is 4.95. The summed E-state index contributed by atoms with van der Waals surface area (Å²) >= 11 is 12.6. The molecule has 40 heavy (non-hydrogen) atoms. The van der Waals surface area contributed by atoms with Gasteiger partial charge in [-0.1, -0.05) is 35.3 Å². The zero-order chi connectivity index (χ0) is 28.5. The number of benzene rings is 1. The number of fused-ring (bicyclic) bond motifs is 2. The second-order valence-corrected chi connectivity index (χ2v) is 10.8. The van der Waals surface area contributed by atoms with Gasteiger partial charge >= 0.3 is 0 Å². The van der Waals surface area contributed by atoms with E-state index in [0.717, 1.165) is 10.9 Å². The van der Waals surface area contributed by atoms with Gasteiger partial charge in [-0.2, -0.15) is 10.1 Å². The number of hydrogen-bond donors (Lipinski definition) is 0. The summed E-state index contributed by atoms with van der Waals surface area (Å²) in [5, 5.41) is 6.00. The minimum absolute atomic E-state index is 0.120. The molecule has 0 N–H and O–H groups in total. The molecule has 12 heteroatoms. The number of anilines is 1. The van der Waals surface area contributed by atoms with E-state index in [1.807, 2.05) is 43.7 Å². The molecule has 1 aliphatic heterocycles. The second kappa shape index (κ2) is 9.50. The molecule has 0 bridgehead atoms. The first-order valence-corrected chi connectivity index (χ1v) is 13.3. The van der Waals surface area contributed by atoms with Crippen molar-refractivity contribution < 1.29 is 9.53 Å². The third kappa shape index (κ3) is 3.89. The highest BCUT2D eigenvalue weighted by molar-refractivity contribution is 6.31. The number of halogens is 2. The molecule has 0 fully saturated rings. The number of imidazole rings is 1. The fourth-order valence-corrected chi connectivity index (χ4v) is 5.71. The van der Waals surface area contributed by atoms with Crippen LogP contribution in [0.15, 0.2) is 53.6 Å². The summed E-state index contributed by atoms with van der Waals surface area (Å²) < 4.78 is 10.7. The Balaban J connectivity index is 1.65. The van der Waals surface area contributed by atoms with Gasteiger partial charge in [0.15, 0.2) is 11.3 Å². The Labute approximate surface area is 239 Å². The van der Waals surface area contributed by atoms with Gasteiger partial charge in [0, 0.05) is 36.7 Å². The Morgan fingerprint density at radius 1 is 1.00 bits per heavy atom. The van der Waals surface area contributed by atoms with Crippen molar-refractivity contribution in [3.8, 4) is 17.3 Å². The van der Waals surface area contributed by atoms with E-state index >= 15 is 0 Å². The van der Waals surface area contributed by atoms with Crippen molar-refractivity contribution >= 4 is 45.8 Å². The molecule has 6 rings (SSSR count). The number of amides is 1. The third-order valence-electron chi connectivity index (χ3n) is 7.09. The number of ether oxygens (including phenoxy) is 1. The highest BCUT2D eigenvalue weighted by atomic mass is 35.5. The number of carbonyl (C=O) groups is 1. The van der Waals surface area contributed by atoms with Gasteiger partial charge in [-0.15, -0.1) is 0 Å². The lowest BCUT2D eigenvalue weighted by molar-refractivity contribution is 0.0989. The molecule has 1 amide bonds. The van der Waals surface area contributed by atoms with Crippen LogP contribution in [0.4, 0.5) is 5.69 Å². The summed E-state index contributed by atoms with van der Waals surface area (Å²) in [6.07, 6.45) is 3.23.